The average molecular weight is 504 g/mol. The zero-order valence-corrected chi connectivity index (χ0v) is 22.2. The van der Waals surface area contributed by atoms with Crippen molar-refractivity contribution in [2.45, 2.75) is 83.6 Å². The maximum atomic E-state index is 13.5. The quantitative estimate of drug-likeness (QED) is 0.585. The fourth-order valence-corrected chi connectivity index (χ4v) is 4.82. The van der Waals surface area contributed by atoms with Gasteiger partial charge in [-0.2, -0.15) is 0 Å². The van der Waals surface area contributed by atoms with Crippen LogP contribution in [0.2, 0.25) is 0 Å². The van der Waals surface area contributed by atoms with Gasteiger partial charge in [0.25, 0.3) is 5.91 Å². The number of methoxy groups -OCH3 is 1. The van der Waals surface area contributed by atoms with Gasteiger partial charge in [0.1, 0.15) is 11.6 Å². The fraction of sp³-hybridized carbons (Fsp3) is 0.667. The van der Waals surface area contributed by atoms with Crippen LogP contribution in [0.25, 0.3) is 0 Å². The van der Waals surface area contributed by atoms with Gasteiger partial charge in [-0.1, -0.05) is 37.3 Å². The van der Waals surface area contributed by atoms with E-state index in [1.54, 1.807) is 18.9 Å². The van der Waals surface area contributed by atoms with E-state index in [-0.39, 0.29) is 17.9 Å². The molecule has 2 fully saturated rings. The SMILES string of the molecule is CO[C@H]([C@@H](C)C(=O)N[C@@H](Cc1ccccc1)C(=O)N1CCCCO1)[C@@H]1CCCN1C(=O)OC(C)(C)C. The van der Waals surface area contributed by atoms with E-state index in [4.69, 9.17) is 14.3 Å². The molecule has 1 aromatic carbocycles. The largest absolute Gasteiger partial charge is 0.444 e. The van der Waals surface area contributed by atoms with Crippen LogP contribution in [-0.4, -0.2) is 78.5 Å². The van der Waals surface area contributed by atoms with Gasteiger partial charge in [0, 0.05) is 26.6 Å². The molecule has 3 rings (SSSR count). The molecule has 2 aliphatic rings. The van der Waals surface area contributed by atoms with Crippen LogP contribution in [0.3, 0.4) is 0 Å². The van der Waals surface area contributed by atoms with Crippen LogP contribution >= 0.6 is 0 Å². The van der Waals surface area contributed by atoms with E-state index in [0.29, 0.717) is 32.5 Å². The summed E-state index contributed by atoms with van der Waals surface area (Å²) in [6, 6.07) is 8.53. The smallest absolute Gasteiger partial charge is 0.410 e. The lowest BCUT2D eigenvalue weighted by atomic mass is 9.94. The lowest BCUT2D eigenvalue weighted by Crippen LogP contribution is -2.55. The molecule has 2 aliphatic heterocycles. The van der Waals surface area contributed by atoms with Gasteiger partial charge in [0.2, 0.25) is 5.91 Å². The first kappa shape index (κ1) is 27.9. The van der Waals surface area contributed by atoms with E-state index < -0.39 is 29.8 Å². The van der Waals surface area contributed by atoms with Gasteiger partial charge >= 0.3 is 6.09 Å². The summed E-state index contributed by atoms with van der Waals surface area (Å²) in [5.41, 5.74) is 0.327. The standard InChI is InChI=1S/C27H41N3O6/c1-19(23(34-5)22-14-11-15-29(22)26(33)36-27(2,3)4)24(31)28-21(18-20-12-7-6-8-13-20)25(32)30-16-9-10-17-35-30/h6-8,12-13,19,21-23H,9-11,14-18H2,1-5H3,(H,28,31)/t19-,21+,22+,23-/m1/s1. The highest BCUT2D eigenvalue weighted by Gasteiger charge is 2.42. The van der Waals surface area contributed by atoms with Gasteiger partial charge in [-0.15, -0.1) is 0 Å². The second-order valence-corrected chi connectivity index (χ2v) is 10.6. The van der Waals surface area contributed by atoms with Crippen LogP contribution in [0.15, 0.2) is 30.3 Å². The summed E-state index contributed by atoms with van der Waals surface area (Å²) in [6.45, 7) is 8.80. The van der Waals surface area contributed by atoms with Crippen molar-refractivity contribution in [2.24, 2.45) is 5.92 Å². The molecular formula is C27H41N3O6. The number of benzene rings is 1. The summed E-state index contributed by atoms with van der Waals surface area (Å²) >= 11 is 0. The monoisotopic (exact) mass is 503 g/mol. The Balaban J connectivity index is 1.73. The number of likely N-dealkylation sites (tertiary alicyclic amines) is 1. The molecule has 2 heterocycles. The summed E-state index contributed by atoms with van der Waals surface area (Å²) in [4.78, 5) is 46.8. The van der Waals surface area contributed by atoms with E-state index in [0.717, 1.165) is 24.8 Å². The third kappa shape index (κ3) is 7.43. The predicted octanol–water partition coefficient (Wildman–Crippen LogP) is 3.32. The van der Waals surface area contributed by atoms with E-state index in [9.17, 15) is 14.4 Å². The van der Waals surface area contributed by atoms with E-state index >= 15 is 0 Å². The highest BCUT2D eigenvalue weighted by molar-refractivity contribution is 5.88. The topological polar surface area (TPSA) is 97.4 Å². The summed E-state index contributed by atoms with van der Waals surface area (Å²) in [5, 5.41) is 4.33. The van der Waals surface area contributed by atoms with Gasteiger partial charge in [0.05, 0.1) is 24.7 Å². The summed E-state index contributed by atoms with van der Waals surface area (Å²) < 4.78 is 11.4. The van der Waals surface area contributed by atoms with Crippen molar-refractivity contribution in [1.82, 2.24) is 15.3 Å². The molecule has 2 saturated heterocycles. The van der Waals surface area contributed by atoms with Crippen molar-refractivity contribution < 1.29 is 28.7 Å². The number of carbonyl (C=O) groups is 3. The van der Waals surface area contributed by atoms with Crippen LogP contribution in [0.1, 0.15) is 58.9 Å². The molecule has 1 N–H and O–H groups in total. The minimum absolute atomic E-state index is 0.260. The summed E-state index contributed by atoms with van der Waals surface area (Å²) in [5.74, 6) is -1.16. The lowest BCUT2D eigenvalue weighted by molar-refractivity contribution is -0.199. The molecule has 9 nitrogen and oxygen atoms in total. The normalized spacial score (nSPS) is 21.0. The van der Waals surface area contributed by atoms with Gasteiger partial charge in [0.15, 0.2) is 0 Å². The summed E-state index contributed by atoms with van der Waals surface area (Å²) in [6.07, 6.45) is 2.69. The minimum atomic E-state index is -0.775. The van der Waals surface area contributed by atoms with Gasteiger partial charge in [-0.3, -0.25) is 14.4 Å². The van der Waals surface area contributed by atoms with Crippen molar-refractivity contribution in [3.05, 3.63) is 35.9 Å². The molecule has 0 aromatic heterocycles. The number of amides is 3. The van der Waals surface area contributed by atoms with Gasteiger partial charge in [-0.25, -0.2) is 9.86 Å². The number of ether oxygens (including phenoxy) is 2. The first-order valence-corrected chi connectivity index (χ1v) is 12.9. The van der Waals surface area contributed by atoms with E-state index in [1.165, 1.54) is 5.06 Å². The Hall–Kier alpha value is -2.65. The molecule has 36 heavy (non-hydrogen) atoms. The number of carbonyl (C=O) groups excluding carboxylic acids is 3. The van der Waals surface area contributed by atoms with Crippen LogP contribution in [0.4, 0.5) is 4.79 Å². The number of nitrogens with zero attached hydrogens (tertiary/aromatic N) is 2. The maximum Gasteiger partial charge on any atom is 0.410 e. The molecule has 200 valence electrons. The maximum absolute atomic E-state index is 13.5. The molecule has 0 spiro atoms. The Morgan fingerprint density at radius 3 is 2.44 bits per heavy atom. The third-order valence-electron chi connectivity index (χ3n) is 6.63. The molecule has 1 aromatic rings. The number of nitrogens with one attached hydrogen (secondary N) is 1. The first-order valence-electron chi connectivity index (χ1n) is 12.9. The summed E-state index contributed by atoms with van der Waals surface area (Å²) in [7, 11) is 1.55. The molecule has 0 aliphatic carbocycles. The Labute approximate surface area is 214 Å². The molecule has 0 bridgehead atoms. The number of hydroxylamine groups is 2. The second-order valence-electron chi connectivity index (χ2n) is 10.6. The van der Waals surface area contributed by atoms with Crippen molar-refractivity contribution in [3.8, 4) is 0 Å². The van der Waals surface area contributed by atoms with Crippen molar-refractivity contribution >= 4 is 17.9 Å². The van der Waals surface area contributed by atoms with E-state index in [2.05, 4.69) is 5.32 Å². The Morgan fingerprint density at radius 1 is 1.11 bits per heavy atom. The Morgan fingerprint density at radius 2 is 1.83 bits per heavy atom. The fourth-order valence-electron chi connectivity index (χ4n) is 4.82. The minimum Gasteiger partial charge on any atom is -0.444 e. The zero-order valence-electron chi connectivity index (χ0n) is 22.2. The average Bonchev–Trinajstić information content (AvgIpc) is 3.33. The lowest BCUT2D eigenvalue weighted by Gasteiger charge is -2.35. The van der Waals surface area contributed by atoms with Crippen LogP contribution in [0.5, 0.6) is 0 Å². The molecule has 9 heteroatoms. The van der Waals surface area contributed by atoms with Crippen LogP contribution < -0.4 is 5.32 Å². The number of hydrogen-bond acceptors (Lipinski definition) is 6. The van der Waals surface area contributed by atoms with Crippen molar-refractivity contribution in [3.63, 3.8) is 0 Å². The zero-order chi connectivity index (χ0) is 26.3. The van der Waals surface area contributed by atoms with Gasteiger partial charge in [-0.05, 0) is 52.0 Å². The van der Waals surface area contributed by atoms with E-state index in [1.807, 2.05) is 51.1 Å². The van der Waals surface area contributed by atoms with Crippen LogP contribution in [0, 0.1) is 5.92 Å². The molecular weight excluding hydrogens is 462 g/mol. The predicted molar refractivity (Wildman–Crippen MR) is 135 cm³/mol. The highest BCUT2D eigenvalue weighted by Crippen LogP contribution is 2.28. The molecule has 4 atom stereocenters. The molecule has 3 amide bonds. The Kier molecular flexibility index (Phi) is 9.73. The number of hydrogen-bond donors (Lipinski definition) is 1. The third-order valence-corrected chi connectivity index (χ3v) is 6.63. The molecule has 0 radical (unpaired) electrons. The van der Waals surface area contributed by atoms with Crippen molar-refractivity contribution in [2.75, 3.05) is 26.8 Å². The molecule has 0 saturated carbocycles. The first-order chi connectivity index (χ1) is 17.1. The second kappa shape index (κ2) is 12.5. The highest BCUT2D eigenvalue weighted by atomic mass is 16.7. The van der Waals surface area contributed by atoms with Gasteiger partial charge < -0.3 is 19.7 Å². The van der Waals surface area contributed by atoms with Crippen LogP contribution in [-0.2, 0) is 30.3 Å². The Bertz CT molecular complexity index is 881. The van der Waals surface area contributed by atoms with Crippen molar-refractivity contribution in [1.29, 1.82) is 0 Å². The number of rotatable bonds is 8. The molecule has 0 unspecified atom stereocenters.